The van der Waals surface area contributed by atoms with Gasteiger partial charge in [0.15, 0.2) is 0 Å². The van der Waals surface area contributed by atoms with E-state index in [4.69, 9.17) is 5.84 Å². The molecule has 2 nitrogen and oxygen atoms in total. The topological polar surface area (TPSA) is 38.0 Å². The van der Waals surface area contributed by atoms with E-state index in [0.717, 1.165) is 5.56 Å². The van der Waals surface area contributed by atoms with Crippen molar-refractivity contribution >= 4 is 0 Å². The minimum atomic E-state index is -0.229. The Morgan fingerprint density at radius 1 is 1.50 bits per heavy atom. The molecule has 54 valence electrons. The molecule has 1 aromatic rings. The third-order valence-electron chi connectivity index (χ3n) is 1.20. The van der Waals surface area contributed by atoms with E-state index in [-0.39, 0.29) is 5.82 Å². The second-order valence-electron chi connectivity index (χ2n) is 2.01. The highest BCUT2D eigenvalue weighted by atomic mass is 19.1. The Morgan fingerprint density at radius 2 is 2.30 bits per heavy atom. The van der Waals surface area contributed by atoms with E-state index < -0.39 is 0 Å². The molecule has 0 aliphatic carbocycles. The molecule has 10 heavy (non-hydrogen) atoms. The van der Waals surface area contributed by atoms with Crippen molar-refractivity contribution < 1.29 is 4.39 Å². The van der Waals surface area contributed by atoms with Crippen LogP contribution in [0, 0.1) is 5.82 Å². The summed E-state index contributed by atoms with van der Waals surface area (Å²) < 4.78 is 12.4. The van der Waals surface area contributed by atoms with Crippen LogP contribution in [0.1, 0.15) is 5.56 Å². The van der Waals surface area contributed by atoms with Gasteiger partial charge >= 0.3 is 0 Å². The molecule has 0 heterocycles. The summed E-state index contributed by atoms with van der Waals surface area (Å²) in [6, 6.07) is 6.31. The molecule has 0 fully saturated rings. The summed E-state index contributed by atoms with van der Waals surface area (Å²) in [5.74, 6) is 4.81. The van der Waals surface area contributed by atoms with Crippen LogP contribution < -0.4 is 11.3 Å². The lowest BCUT2D eigenvalue weighted by atomic mass is 10.2. The lowest BCUT2D eigenvalue weighted by molar-refractivity contribution is 0.622. The van der Waals surface area contributed by atoms with Gasteiger partial charge in [0.2, 0.25) is 0 Å². The van der Waals surface area contributed by atoms with E-state index >= 15 is 0 Å². The zero-order valence-electron chi connectivity index (χ0n) is 5.47. The minimum Gasteiger partial charge on any atom is -0.271 e. The molecule has 0 bridgehead atoms. The molecule has 0 aliphatic rings. The zero-order valence-corrected chi connectivity index (χ0v) is 5.47. The molecule has 1 rings (SSSR count). The monoisotopic (exact) mass is 140 g/mol. The third-order valence-corrected chi connectivity index (χ3v) is 1.20. The molecule has 3 N–H and O–H groups in total. The van der Waals surface area contributed by atoms with Crippen molar-refractivity contribution in [2.24, 2.45) is 5.84 Å². The fraction of sp³-hybridized carbons (Fsp3) is 0.143. The van der Waals surface area contributed by atoms with Gasteiger partial charge < -0.3 is 0 Å². The van der Waals surface area contributed by atoms with Crippen molar-refractivity contribution in [1.29, 1.82) is 0 Å². The Bertz CT molecular complexity index is 213. The normalized spacial score (nSPS) is 9.80. The quantitative estimate of drug-likeness (QED) is 0.470. The number of hydrogen-bond donors (Lipinski definition) is 2. The molecule has 0 atom stereocenters. The summed E-state index contributed by atoms with van der Waals surface area (Å²) in [5.41, 5.74) is 3.29. The van der Waals surface area contributed by atoms with E-state index in [1.807, 2.05) is 6.07 Å². The SMILES string of the molecule is NNCc1cccc(F)c1. The van der Waals surface area contributed by atoms with Crippen molar-refractivity contribution in [1.82, 2.24) is 5.43 Å². The minimum absolute atomic E-state index is 0.229. The smallest absolute Gasteiger partial charge is 0.123 e. The first-order valence-corrected chi connectivity index (χ1v) is 3.01. The Hall–Kier alpha value is -0.930. The van der Waals surface area contributed by atoms with Crippen LogP contribution in [0.2, 0.25) is 0 Å². The second kappa shape index (κ2) is 3.29. The maximum atomic E-state index is 12.4. The van der Waals surface area contributed by atoms with Gasteiger partial charge in [0.05, 0.1) is 0 Å². The predicted octanol–water partition coefficient (Wildman–Crippen LogP) is 0.789. The van der Waals surface area contributed by atoms with Crippen LogP contribution in [0.15, 0.2) is 24.3 Å². The number of hydrazine groups is 1. The summed E-state index contributed by atoms with van der Waals surface area (Å²) in [6.07, 6.45) is 0. The highest BCUT2D eigenvalue weighted by molar-refractivity contribution is 5.15. The van der Waals surface area contributed by atoms with Crippen LogP contribution in [0.3, 0.4) is 0 Å². The molecule has 0 amide bonds. The van der Waals surface area contributed by atoms with Gasteiger partial charge in [-0.25, -0.2) is 4.39 Å². The predicted molar refractivity (Wildman–Crippen MR) is 37.4 cm³/mol. The van der Waals surface area contributed by atoms with Crippen LogP contribution in [0.4, 0.5) is 4.39 Å². The molecular weight excluding hydrogens is 131 g/mol. The largest absolute Gasteiger partial charge is 0.271 e. The van der Waals surface area contributed by atoms with Gasteiger partial charge in [0, 0.05) is 6.54 Å². The van der Waals surface area contributed by atoms with Gasteiger partial charge in [-0.05, 0) is 17.7 Å². The number of nitrogens with two attached hydrogens (primary N) is 1. The summed E-state index contributed by atoms with van der Waals surface area (Å²) in [7, 11) is 0. The highest BCUT2D eigenvalue weighted by Gasteiger charge is 1.91. The van der Waals surface area contributed by atoms with Crippen LogP contribution in [-0.2, 0) is 6.54 Å². The summed E-state index contributed by atoms with van der Waals surface area (Å²) in [5, 5.41) is 0. The van der Waals surface area contributed by atoms with E-state index in [1.54, 1.807) is 6.07 Å². The van der Waals surface area contributed by atoms with Gasteiger partial charge in [-0.1, -0.05) is 12.1 Å². The molecule has 0 saturated heterocycles. The molecule has 1 aromatic carbocycles. The van der Waals surface area contributed by atoms with Gasteiger partial charge in [-0.3, -0.25) is 11.3 Å². The number of halogens is 1. The first-order chi connectivity index (χ1) is 4.83. The Kier molecular flexibility index (Phi) is 2.36. The summed E-state index contributed by atoms with van der Waals surface area (Å²) in [4.78, 5) is 0. The first-order valence-electron chi connectivity index (χ1n) is 3.01. The molecular formula is C7H9FN2. The van der Waals surface area contributed by atoms with Crippen LogP contribution in [-0.4, -0.2) is 0 Å². The van der Waals surface area contributed by atoms with Gasteiger partial charge in [0.1, 0.15) is 5.82 Å². The summed E-state index contributed by atoms with van der Waals surface area (Å²) in [6.45, 7) is 0.498. The third kappa shape index (κ3) is 1.79. The van der Waals surface area contributed by atoms with Crippen molar-refractivity contribution in [3.05, 3.63) is 35.6 Å². The van der Waals surface area contributed by atoms with E-state index in [1.165, 1.54) is 12.1 Å². The Balaban J connectivity index is 2.75. The molecule has 0 radical (unpaired) electrons. The van der Waals surface area contributed by atoms with E-state index in [2.05, 4.69) is 5.43 Å². The summed E-state index contributed by atoms with van der Waals surface area (Å²) >= 11 is 0. The fourth-order valence-electron chi connectivity index (χ4n) is 0.765. The lowest BCUT2D eigenvalue weighted by Crippen LogP contribution is -2.20. The number of nitrogens with one attached hydrogen (secondary N) is 1. The average molecular weight is 140 g/mol. The fourth-order valence-corrected chi connectivity index (χ4v) is 0.765. The van der Waals surface area contributed by atoms with Crippen LogP contribution in [0.5, 0.6) is 0 Å². The highest BCUT2D eigenvalue weighted by Crippen LogP contribution is 2.01. The molecule has 0 spiro atoms. The Morgan fingerprint density at radius 3 is 2.90 bits per heavy atom. The van der Waals surface area contributed by atoms with E-state index in [9.17, 15) is 4.39 Å². The number of benzene rings is 1. The maximum absolute atomic E-state index is 12.4. The van der Waals surface area contributed by atoms with Crippen molar-refractivity contribution in [3.63, 3.8) is 0 Å². The van der Waals surface area contributed by atoms with Gasteiger partial charge in [-0.2, -0.15) is 0 Å². The average Bonchev–Trinajstić information content (AvgIpc) is 1.88. The first kappa shape index (κ1) is 7.18. The molecule has 3 heteroatoms. The van der Waals surface area contributed by atoms with Gasteiger partial charge in [-0.15, -0.1) is 0 Å². The molecule has 0 saturated carbocycles. The maximum Gasteiger partial charge on any atom is 0.123 e. The van der Waals surface area contributed by atoms with Crippen molar-refractivity contribution in [2.75, 3.05) is 0 Å². The number of rotatable bonds is 2. The Labute approximate surface area is 58.8 Å². The zero-order chi connectivity index (χ0) is 7.40. The molecule has 0 unspecified atom stereocenters. The standard InChI is InChI=1S/C7H9FN2/c8-7-3-1-2-6(4-7)5-10-9/h1-4,10H,5,9H2. The van der Waals surface area contributed by atoms with Gasteiger partial charge in [0.25, 0.3) is 0 Å². The van der Waals surface area contributed by atoms with Crippen LogP contribution in [0.25, 0.3) is 0 Å². The second-order valence-corrected chi connectivity index (χ2v) is 2.01. The molecule has 0 aromatic heterocycles. The van der Waals surface area contributed by atoms with Crippen LogP contribution >= 0.6 is 0 Å². The molecule has 0 aliphatic heterocycles. The van der Waals surface area contributed by atoms with E-state index in [0.29, 0.717) is 6.54 Å². The lowest BCUT2D eigenvalue weighted by Gasteiger charge is -1.97. The van der Waals surface area contributed by atoms with Crippen molar-refractivity contribution in [2.45, 2.75) is 6.54 Å². The number of hydrogen-bond acceptors (Lipinski definition) is 2. The van der Waals surface area contributed by atoms with Crippen molar-refractivity contribution in [3.8, 4) is 0 Å².